The Labute approximate surface area is 115 Å². The van der Waals surface area contributed by atoms with Crippen LogP contribution in [0.25, 0.3) is 0 Å². The molecule has 3 rings (SSSR count). The molecule has 2 aliphatic rings. The Balaban J connectivity index is 2.12. The third-order valence-corrected chi connectivity index (χ3v) is 4.56. The lowest BCUT2D eigenvalue weighted by atomic mass is 9.79. The second-order valence-corrected chi connectivity index (χ2v) is 5.83. The van der Waals surface area contributed by atoms with Crippen molar-refractivity contribution in [1.29, 1.82) is 0 Å². The zero-order valence-corrected chi connectivity index (χ0v) is 11.1. The van der Waals surface area contributed by atoms with Gasteiger partial charge in [-0.05, 0) is 42.4 Å². The predicted octanol–water partition coefficient (Wildman–Crippen LogP) is 2.42. The molecule has 0 spiro atoms. The van der Waals surface area contributed by atoms with E-state index in [0.717, 1.165) is 30.5 Å². The van der Waals surface area contributed by atoms with Crippen molar-refractivity contribution >= 4 is 34.9 Å². The molecule has 0 radical (unpaired) electrons. The number of carbonyl (C=O) groups is 1. The van der Waals surface area contributed by atoms with Gasteiger partial charge in [0, 0.05) is 15.7 Å². The van der Waals surface area contributed by atoms with E-state index < -0.39 is 12.0 Å². The highest BCUT2D eigenvalue weighted by molar-refractivity contribution is 6.35. The molecule has 0 aromatic heterocycles. The molecule has 3 unspecified atom stereocenters. The summed E-state index contributed by atoms with van der Waals surface area (Å²) in [6.07, 6.45) is 2.90. The molecule has 5 heteroatoms. The lowest BCUT2D eigenvalue weighted by Gasteiger charge is -2.38. The maximum Gasteiger partial charge on any atom is 0.0692 e. The summed E-state index contributed by atoms with van der Waals surface area (Å²) in [4.78, 5) is 11.2. The summed E-state index contributed by atoms with van der Waals surface area (Å²) < 4.78 is 0. The predicted molar refractivity (Wildman–Crippen MR) is 69.0 cm³/mol. The summed E-state index contributed by atoms with van der Waals surface area (Å²) in [5.74, 6) is -0.774. The van der Waals surface area contributed by atoms with E-state index >= 15 is 0 Å². The molecular formula is C13H12Cl2NO2-. The van der Waals surface area contributed by atoms with Crippen LogP contribution in [0.1, 0.15) is 30.7 Å². The molecule has 1 aromatic rings. The number of carboxylic acid groups (broad SMARTS) is 1. The number of carboxylic acids is 1. The number of carbonyl (C=O) groups excluding carboxylic acids is 1. The smallest absolute Gasteiger partial charge is 0.0692 e. The number of aliphatic carboxylic acids is 1. The molecule has 0 amide bonds. The van der Waals surface area contributed by atoms with E-state index in [1.807, 2.05) is 0 Å². The lowest BCUT2D eigenvalue weighted by Crippen LogP contribution is -2.48. The molecule has 18 heavy (non-hydrogen) atoms. The standard InChI is InChI=1S/C13H13Cl2NO2/c14-6-4-9(15)11-7-2-1-3-8(7)12(13(17)18)16-10(11)5-6/h4-5,7-8,12,16H,1-3H2,(H,17,18)/p-1. The normalized spacial score (nSPS) is 29.3. The number of fused-ring (bicyclic) bond motifs is 3. The number of hydrogen-bond donors (Lipinski definition) is 1. The fourth-order valence-corrected chi connectivity index (χ4v) is 3.97. The second-order valence-electron chi connectivity index (χ2n) is 4.99. The summed E-state index contributed by atoms with van der Waals surface area (Å²) in [5, 5.41) is 15.4. The first-order valence-electron chi connectivity index (χ1n) is 6.04. The molecule has 1 aliphatic carbocycles. The van der Waals surface area contributed by atoms with E-state index in [0.29, 0.717) is 10.0 Å². The largest absolute Gasteiger partial charge is 0.548 e. The molecule has 0 saturated heterocycles. The highest BCUT2D eigenvalue weighted by Gasteiger charge is 2.41. The van der Waals surface area contributed by atoms with Crippen LogP contribution in [-0.4, -0.2) is 12.0 Å². The maximum atomic E-state index is 11.2. The molecule has 3 atom stereocenters. The molecular weight excluding hydrogens is 273 g/mol. The summed E-state index contributed by atoms with van der Waals surface area (Å²) in [5.41, 5.74) is 1.76. The molecule has 1 heterocycles. The van der Waals surface area contributed by atoms with Crippen molar-refractivity contribution in [3.8, 4) is 0 Å². The van der Waals surface area contributed by atoms with Gasteiger partial charge in [-0.15, -0.1) is 0 Å². The van der Waals surface area contributed by atoms with Crippen molar-refractivity contribution in [2.45, 2.75) is 31.2 Å². The fraction of sp³-hybridized carbons (Fsp3) is 0.462. The Kier molecular flexibility index (Phi) is 2.91. The second kappa shape index (κ2) is 4.32. The molecule has 0 bridgehead atoms. The Morgan fingerprint density at radius 3 is 2.83 bits per heavy atom. The average Bonchev–Trinajstić information content (AvgIpc) is 2.75. The minimum absolute atomic E-state index is 0.0705. The minimum atomic E-state index is -1.05. The molecule has 1 aromatic carbocycles. The third-order valence-electron chi connectivity index (χ3n) is 4.03. The van der Waals surface area contributed by atoms with Gasteiger partial charge in [0.25, 0.3) is 0 Å². The van der Waals surface area contributed by atoms with Crippen LogP contribution in [0, 0.1) is 5.92 Å². The van der Waals surface area contributed by atoms with Gasteiger partial charge in [-0.3, -0.25) is 0 Å². The zero-order valence-electron chi connectivity index (χ0n) is 9.58. The van der Waals surface area contributed by atoms with Crippen LogP contribution < -0.4 is 10.4 Å². The highest BCUT2D eigenvalue weighted by Crippen LogP contribution is 2.50. The van der Waals surface area contributed by atoms with Gasteiger partial charge >= 0.3 is 0 Å². The number of halogens is 2. The van der Waals surface area contributed by atoms with Crippen LogP contribution in [-0.2, 0) is 4.79 Å². The zero-order chi connectivity index (χ0) is 12.9. The molecule has 96 valence electrons. The van der Waals surface area contributed by atoms with Crippen LogP contribution in [0.4, 0.5) is 5.69 Å². The van der Waals surface area contributed by atoms with E-state index in [-0.39, 0.29) is 11.8 Å². The van der Waals surface area contributed by atoms with Gasteiger partial charge in [0.05, 0.1) is 12.0 Å². The van der Waals surface area contributed by atoms with Crippen LogP contribution in [0.3, 0.4) is 0 Å². The van der Waals surface area contributed by atoms with Crippen molar-refractivity contribution < 1.29 is 9.90 Å². The summed E-state index contributed by atoms with van der Waals surface area (Å²) in [6.45, 7) is 0. The molecule has 1 fully saturated rings. The van der Waals surface area contributed by atoms with Crippen LogP contribution >= 0.6 is 23.2 Å². The van der Waals surface area contributed by atoms with Crippen molar-refractivity contribution in [1.82, 2.24) is 0 Å². The molecule has 1 N–H and O–H groups in total. The van der Waals surface area contributed by atoms with Crippen LogP contribution in [0.2, 0.25) is 10.0 Å². The number of rotatable bonds is 1. The van der Waals surface area contributed by atoms with Crippen molar-refractivity contribution in [2.75, 3.05) is 5.32 Å². The Morgan fingerprint density at radius 1 is 1.33 bits per heavy atom. The monoisotopic (exact) mass is 284 g/mol. The number of hydrogen-bond acceptors (Lipinski definition) is 3. The Morgan fingerprint density at radius 2 is 2.11 bits per heavy atom. The topological polar surface area (TPSA) is 52.2 Å². The quantitative estimate of drug-likeness (QED) is 0.862. The van der Waals surface area contributed by atoms with Gasteiger partial charge < -0.3 is 15.2 Å². The van der Waals surface area contributed by atoms with E-state index in [9.17, 15) is 9.90 Å². The van der Waals surface area contributed by atoms with E-state index in [2.05, 4.69) is 5.32 Å². The first kappa shape index (κ1) is 12.1. The van der Waals surface area contributed by atoms with E-state index in [1.165, 1.54) is 0 Å². The summed E-state index contributed by atoms with van der Waals surface area (Å²) in [6, 6.07) is 2.82. The van der Waals surface area contributed by atoms with Crippen molar-refractivity contribution in [3.05, 3.63) is 27.7 Å². The van der Waals surface area contributed by atoms with Gasteiger partial charge in [-0.25, -0.2) is 0 Å². The molecule has 1 saturated carbocycles. The number of anilines is 1. The van der Waals surface area contributed by atoms with Gasteiger partial charge in [-0.1, -0.05) is 29.6 Å². The average molecular weight is 285 g/mol. The summed E-state index contributed by atoms with van der Waals surface area (Å²) in [7, 11) is 0. The molecule has 3 nitrogen and oxygen atoms in total. The lowest BCUT2D eigenvalue weighted by molar-refractivity contribution is -0.308. The molecule has 1 aliphatic heterocycles. The third kappa shape index (κ3) is 1.77. The van der Waals surface area contributed by atoms with Gasteiger partial charge in [0.15, 0.2) is 0 Å². The van der Waals surface area contributed by atoms with E-state index in [4.69, 9.17) is 23.2 Å². The first-order valence-corrected chi connectivity index (χ1v) is 6.80. The van der Waals surface area contributed by atoms with Crippen LogP contribution in [0.15, 0.2) is 12.1 Å². The van der Waals surface area contributed by atoms with Crippen molar-refractivity contribution in [2.24, 2.45) is 5.92 Å². The Bertz CT molecular complexity index is 518. The van der Waals surface area contributed by atoms with Gasteiger partial charge in [-0.2, -0.15) is 0 Å². The number of nitrogens with one attached hydrogen (secondary N) is 1. The van der Waals surface area contributed by atoms with Gasteiger partial charge in [0.1, 0.15) is 0 Å². The minimum Gasteiger partial charge on any atom is -0.548 e. The Hall–Kier alpha value is -0.930. The van der Waals surface area contributed by atoms with Gasteiger partial charge in [0.2, 0.25) is 0 Å². The van der Waals surface area contributed by atoms with E-state index in [1.54, 1.807) is 12.1 Å². The van der Waals surface area contributed by atoms with Crippen LogP contribution in [0.5, 0.6) is 0 Å². The first-order chi connectivity index (χ1) is 8.58. The highest BCUT2D eigenvalue weighted by atomic mass is 35.5. The SMILES string of the molecule is O=C([O-])C1Nc2cc(Cl)cc(Cl)c2C2CCCC12. The van der Waals surface area contributed by atoms with Crippen molar-refractivity contribution in [3.63, 3.8) is 0 Å². The number of benzene rings is 1. The fourth-order valence-electron chi connectivity index (χ4n) is 3.34. The maximum absolute atomic E-state index is 11.2. The summed E-state index contributed by atoms with van der Waals surface area (Å²) >= 11 is 12.2.